The minimum absolute atomic E-state index is 0.399. The predicted octanol–water partition coefficient (Wildman–Crippen LogP) is 3.18. The van der Waals surface area contributed by atoms with Crippen LogP contribution in [0.15, 0.2) is 27.6 Å². The van der Waals surface area contributed by atoms with Gasteiger partial charge in [0, 0.05) is 24.4 Å². The van der Waals surface area contributed by atoms with Gasteiger partial charge >= 0.3 is 0 Å². The summed E-state index contributed by atoms with van der Waals surface area (Å²) in [5.41, 5.74) is 2.07. The van der Waals surface area contributed by atoms with Crippen LogP contribution in [0.3, 0.4) is 0 Å². The van der Waals surface area contributed by atoms with E-state index in [0.717, 1.165) is 44.9 Å². The fraction of sp³-hybridized carbons (Fsp3) is 0.600. The lowest BCUT2D eigenvalue weighted by molar-refractivity contribution is 0.225. The van der Waals surface area contributed by atoms with Crippen molar-refractivity contribution < 1.29 is 12.9 Å². The molecule has 1 unspecified atom stereocenters. The zero-order valence-corrected chi connectivity index (χ0v) is 16.5. The van der Waals surface area contributed by atoms with Crippen molar-refractivity contribution in [1.29, 1.82) is 0 Å². The summed E-state index contributed by atoms with van der Waals surface area (Å²) in [5, 5.41) is 4.20. The zero-order valence-electron chi connectivity index (χ0n) is 15.6. The largest absolute Gasteiger partial charge is 0.339 e. The van der Waals surface area contributed by atoms with Gasteiger partial charge in [-0.2, -0.15) is 9.29 Å². The molecule has 1 aromatic carbocycles. The second-order valence-electron chi connectivity index (χ2n) is 8.52. The minimum atomic E-state index is -3.51. The monoisotopic (exact) mass is 387 g/mol. The van der Waals surface area contributed by atoms with Crippen molar-refractivity contribution in [1.82, 2.24) is 14.4 Å². The number of hydrogen-bond acceptors (Lipinski definition) is 5. The molecule has 0 N–H and O–H groups in total. The molecule has 1 saturated heterocycles. The number of sulfonamides is 1. The maximum atomic E-state index is 13.3. The van der Waals surface area contributed by atoms with E-state index in [0.29, 0.717) is 35.6 Å². The number of hydrogen-bond donors (Lipinski definition) is 0. The number of rotatable bonds is 4. The SMILES string of the molecule is CC1(c2noc(C3CC3)n2)CCCN(S(=O)(=O)c2ccc3c(c2)CCC3)C1. The van der Waals surface area contributed by atoms with E-state index in [-0.39, 0.29) is 0 Å². The Labute approximate surface area is 160 Å². The van der Waals surface area contributed by atoms with Gasteiger partial charge in [0.2, 0.25) is 15.9 Å². The molecular formula is C20H25N3O3S. The minimum Gasteiger partial charge on any atom is -0.339 e. The topological polar surface area (TPSA) is 76.3 Å². The smallest absolute Gasteiger partial charge is 0.243 e. The van der Waals surface area contributed by atoms with Crippen molar-refractivity contribution in [2.45, 2.75) is 68.1 Å². The second-order valence-corrected chi connectivity index (χ2v) is 10.5. The summed E-state index contributed by atoms with van der Waals surface area (Å²) >= 11 is 0. The maximum absolute atomic E-state index is 13.3. The van der Waals surface area contributed by atoms with Crippen LogP contribution in [-0.4, -0.2) is 36.0 Å². The van der Waals surface area contributed by atoms with Crippen molar-refractivity contribution in [3.8, 4) is 0 Å². The summed E-state index contributed by atoms with van der Waals surface area (Å²) in [6.45, 7) is 3.00. The van der Waals surface area contributed by atoms with Gasteiger partial charge in [-0.15, -0.1) is 0 Å². The molecule has 3 aliphatic rings. The van der Waals surface area contributed by atoms with E-state index in [2.05, 4.69) is 17.1 Å². The number of fused-ring (bicyclic) bond motifs is 1. The van der Waals surface area contributed by atoms with Crippen LogP contribution in [0.5, 0.6) is 0 Å². The van der Waals surface area contributed by atoms with Crippen LogP contribution < -0.4 is 0 Å². The molecule has 0 bridgehead atoms. The molecule has 1 aromatic heterocycles. The normalized spacial score (nSPS) is 26.3. The molecule has 0 amide bonds. The summed E-state index contributed by atoms with van der Waals surface area (Å²) in [6, 6.07) is 5.63. The van der Waals surface area contributed by atoms with Crippen LogP contribution in [0.1, 0.15) is 67.8 Å². The van der Waals surface area contributed by atoms with Gasteiger partial charge in [-0.25, -0.2) is 8.42 Å². The number of nitrogens with zero attached hydrogens (tertiary/aromatic N) is 3. The Morgan fingerprint density at radius 3 is 2.81 bits per heavy atom. The molecule has 2 aliphatic carbocycles. The Balaban J connectivity index is 1.42. The van der Waals surface area contributed by atoms with E-state index < -0.39 is 15.4 Å². The first kappa shape index (κ1) is 17.4. The molecule has 6 nitrogen and oxygen atoms in total. The highest BCUT2D eigenvalue weighted by Gasteiger charge is 2.42. The van der Waals surface area contributed by atoms with E-state index in [1.807, 2.05) is 12.1 Å². The highest BCUT2D eigenvalue weighted by molar-refractivity contribution is 7.89. The average Bonchev–Trinajstić information content (AvgIpc) is 3.19. The van der Waals surface area contributed by atoms with Gasteiger partial charge < -0.3 is 4.52 Å². The van der Waals surface area contributed by atoms with Crippen molar-refractivity contribution in [3.05, 3.63) is 41.0 Å². The van der Waals surface area contributed by atoms with Gasteiger partial charge in [-0.3, -0.25) is 0 Å². The fourth-order valence-electron chi connectivity index (χ4n) is 4.41. The summed E-state index contributed by atoms with van der Waals surface area (Å²) in [7, 11) is -3.51. The van der Waals surface area contributed by atoms with Crippen molar-refractivity contribution in [2.24, 2.45) is 0 Å². The molecule has 2 aromatic rings. The second kappa shape index (κ2) is 6.14. The van der Waals surface area contributed by atoms with Gasteiger partial charge in [-0.1, -0.05) is 18.1 Å². The van der Waals surface area contributed by atoms with E-state index in [4.69, 9.17) is 4.52 Å². The molecule has 144 valence electrons. The lowest BCUT2D eigenvalue weighted by atomic mass is 9.82. The zero-order chi connectivity index (χ0) is 18.6. The summed E-state index contributed by atoms with van der Waals surface area (Å²) in [4.78, 5) is 5.02. The van der Waals surface area contributed by atoms with E-state index >= 15 is 0 Å². The molecule has 7 heteroatoms. The molecule has 27 heavy (non-hydrogen) atoms. The Bertz CT molecular complexity index is 980. The van der Waals surface area contributed by atoms with E-state index in [9.17, 15) is 8.42 Å². The lowest BCUT2D eigenvalue weighted by Crippen LogP contribution is -2.47. The van der Waals surface area contributed by atoms with Gasteiger partial charge in [-0.05, 0) is 68.2 Å². The number of piperidine rings is 1. The highest BCUT2D eigenvalue weighted by atomic mass is 32.2. The van der Waals surface area contributed by atoms with Gasteiger partial charge in [0.05, 0.1) is 4.90 Å². The van der Waals surface area contributed by atoms with Crippen LogP contribution in [-0.2, 0) is 28.3 Å². The molecule has 1 atom stereocenters. The molecule has 5 rings (SSSR count). The Morgan fingerprint density at radius 2 is 2.00 bits per heavy atom. The van der Waals surface area contributed by atoms with Crippen LogP contribution in [0.4, 0.5) is 0 Å². The van der Waals surface area contributed by atoms with Gasteiger partial charge in [0.1, 0.15) is 0 Å². The number of aryl methyl sites for hydroxylation is 2. The maximum Gasteiger partial charge on any atom is 0.243 e. The van der Waals surface area contributed by atoms with Crippen LogP contribution >= 0.6 is 0 Å². The highest BCUT2D eigenvalue weighted by Crippen LogP contribution is 2.41. The van der Waals surface area contributed by atoms with Crippen LogP contribution in [0.2, 0.25) is 0 Å². The Hall–Kier alpha value is -1.73. The predicted molar refractivity (Wildman–Crippen MR) is 100 cm³/mol. The lowest BCUT2D eigenvalue weighted by Gasteiger charge is -2.37. The Morgan fingerprint density at radius 1 is 1.19 bits per heavy atom. The average molecular weight is 388 g/mol. The third-order valence-electron chi connectivity index (χ3n) is 6.28. The quantitative estimate of drug-likeness (QED) is 0.805. The molecule has 2 fully saturated rings. The third-order valence-corrected chi connectivity index (χ3v) is 8.12. The van der Waals surface area contributed by atoms with Crippen molar-refractivity contribution in [2.75, 3.05) is 13.1 Å². The molecule has 2 heterocycles. The summed E-state index contributed by atoms with van der Waals surface area (Å²) in [6.07, 6.45) is 7.03. The summed E-state index contributed by atoms with van der Waals surface area (Å²) in [5.74, 6) is 1.77. The number of aromatic nitrogens is 2. The fourth-order valence-corrected chi connectivity index (χ4v) is 6.07. The first-order valence-electron chi connectivity index (χ1n) is 9.92. The standard InChI is InChI=1S/C20H25N3O3S/c1-20(19-21-18(26-22-19)15-6-7-15)10-3-11-23(13-20)27(24,25)17-9-8-14-4-2-5-16(14)12-17/h8-9,12,15H,2-7,10-11,13H2,1H3. The Kier molecular flexibility index (Phi) is 3.95. The van der Waals surface area contributed by atoms with E-state index in [1.54, 1.807) is 10.4 Å². The third kappa shape index (κ3) is 3.01. The van der Waals surface area contributed by atoms with Crippen LogP contribution in [0, 0.1) is 0 Å². The molecule has 0 radical (unpaired) electrons. The van der Waals surface area contributed by atoms with Crippen molar-refractivity contribution >= 4 is 10.0 Å². The molecular weight excluding hydrogens is 362 g/mol. The van der Waals surface area contributed by atoms with Crippen molar-refractivity contribution in [3.63, 3.8) is 0 Å². The molecule has 0 spiro atoms. The molecule has 1 saturated carbocycles. The first-order chi connectivity index (χ1) is 13.0. The number of benzene rings is 1. The first-order valence-corrected chi connectivity index (χ1v) is 11.4. The van der Waals surface area contributed by atoms with Gasteiger partial charge in [0.15, 0.2) is 5.82 Å². The van der Waals surface area contributed by atoms with E-state index in [1.165, 1.54) is 11.1 Å². The van der Waals surface area contributed by atoms with Crippen LogP contribution in [0.25, 0.3) is 0 Å². The molecule has 1 aliphatic heterocycles. The summed E-state index contributed by atoms with van der Waals surface area (Å²) < 4.78 is 33.6. The van der Waals surface area contributed by atoms with Gasteiger partial charge in [0.25, 0.3) is 0 Å².